The molecule has 0 saturated heterocycles. The van der Waals surface area contributed by atoms with Crippen LogP contribution >= 0.6 is 0 Å². The van der Waals surface area contributed by atoms with Crippen LogP contribution in [0.4, 0.5) is 0 Å². The van der Waals surface area contributed by atoms with Crippen LogP contribution in [0.5, 0.6) is 0 Å². The third-order valence-corrected chi connectivity index (χ3v) is 5.71. The van der Waals surface area contributed by atoms with Crippen molar-refractivity contribution >= 4 is 0 Å². The van der Waals surface area contributed by atoms with Gasteiger partial charge in [-0.2, -0.15) is 0 Å². The summed E-state index contributed by atoms with van der Waals surface area (Å²) in [5.41, 5.74) is 5.31. The molecular formula is C19H27N. The Bertz CT molecular complexity index is 498. The van der Waals surface area contributed by atoms with Crippen molar-refractivity contribution in [3.8, 4) is 0 Å². The molecule has 3 aliphatic carbocycles. The third-order valence-electron chi connectivity index (χ3n) is 5.71. The minimum Gasteiger partial charge on any atom is -0.313 e. The van der Waals surface area contributed by atoms with Crippen molar-refractivity contribution in [3.05, 3.63) is 34.9 Å². The number of aryl methyl sites for hydroxylation is 2. The highest BCUT2D eigenvalue weighted by atomic mass is 15.0. The molecule has 2 saturated carbocycles. The van der Waals surface area contributed by atoms with Crippen molar-refractivity contribution in [1.29, 1.82) is 0 Å². The van der Waals surface area contributed by atoms with Crippen LogP contribution in [0.2, 0.25) is 0 Å². The van der Waals surface area contributed by atoms with Gasteiger partial charge in [-0.05, 0) is 79.4 Å². The van der Waals surface area contributed by atoms with Gasteiger partial charge < -0.3 is 5.32 Å². The lowest BCUT2D eigenvalue weighted by atomic mass is 9.78. The lowest BCUT2D eigenvalue weighted by molar-refractivity contribution is 0.255. The second-order valence-electron chi connectivity index (χ2n) is 7.72. The molecule has 4 rings (SSSR count). The Hall–Kier alpha value is -0.820. The fourth-order valence-corrected chi connectivity index (χ4v) is 4.00. The highest BCUT2D eigenvalue weighted by molar-refractivity contribution is 5.35. The molecule has 1 aromatic carbocycles. The Morgan fingerprint density at radius 1 is 1.10 bits per heavy atom. The highest BCUT2D eigenvalue weighted by Gasteiger charge is 2.42. The van der Waals surface area contributed by atoms with Crippen LogP contribution in [0.25, 0.3) is 0 Å². The largest absolute Gasteiger partial charge is 0.313 e. The van der Waals surface area contributed by atoms with Crippen molar-refractivity contribution in [2.45, 2.75) is 64.3 Å². The Balaban J connectivity index is 1.49. The van der Waals surface area contributed by atoms with E-state index in [4.69, 9.17) is 0 Å². The second-order valence-corrected chi connectivity index (χ2v) is 7.72. The summed E-state index contributed by atoms with van der Waals surface area (Å²) in [6, 6.07) is 8.16. The molecule has 0 heterocycles. The molecule has 0 spiro atoms. The fourth-order valence-electron chi connectivity index (χ4n) is 4.00. The summed E-state index contributed by atoms with van der Waals surface area (Å²) in [6.07, 6.45) is 11.0. The van der Waals surface area contributed by atoms with E-state index >= 15 is 0 Å². The number of nitrogens with one attached hydrogen (secondary N) is 1. The zero-order valence-corrected chi connectivity index (χ0v) is 12.8. The van der Waals surface area contributed by atoms with Gasteiger partial charge in [0.05, 0.1) is 0 Å². The van der Waals surface area contributed by atoms with Crippen LogP contribution in [0.15, 0.2) is 18.2 Å². The molecule has 1 N–H and O–H groups in total. The number of benzene rings is 1. The molecular weight excluding hydrogens is 242 g/mol. The van der Waals surface area contributed by atoms with Crippen molar-refractivity contribution in [3.63, 3.8) is 0 Å². The first-order chi connectivity index (χ1) is 9.73. The zero-order chi connectivity index (χ0) is 13.6. The molecule has 1 unspecified atom stereocenters. The quantitative estimate of drug-likeness (QED) is 0.826. The van der Waals surface area contributed by atoms with E-state index < -0.39 is 0 Å². The van der Waals surface area contributed by atoms with Crippen LogP contribution < -0.4 is 5.32 Å². The van der Waals surface area contributed by atoms with Crippen LogP contribution in [-0.2, 0) is 19.3 Å². The Labute approximate surface area is 123 Å². The number of fused-ring (bicyclic) bond motifs is 1. The normalized spacial score (nSPS) is 24.4. The summed E-state index contributed by atoms with van der Waals surface area (Å²) < 4.78 is 0. The summed E-state index contributed by atoms with van der Waals surface area (Å²) in [5.74, 6) is 0.960. The topological polar surface area (TPSA) is 12.0 Å². The van der Waals surface area contributed by atoms with E-state index in [1.165, 1.54) is 57.9 Å². The molecule has 0 amide bonds. The average molecular weight is 269 g/mol. The summed E-state index contributed by atoms with van der Waals surface area (Å²) in [4.78, 5) is 0. The van der Waals surface area contributed by atoms with Gasteiger partial charge in [-0.25, -0.2) is 0 Å². The lowest BCUT2D eigenvalue weighted by Crippen LogP contribution is -2.36. The van der Waals surface area contributed by atoms with Gasteiger partial charge in [-0.1, -0.05) is 25.1 Å². The SMILES string of the molecule is CC(CNC1CC1)(Cc1ccc2c(c1)CCC2)C1CC1. The summed E-state index contributed by atoms with van der Waals surface area (Å²) in [7, 11) is 0. The number of hydrogen-bond donors (Lipinski definition) is 1. The number of hydrogen-bond acceptors (Lipinski definition) is 1. The molecule has 1 heteroatoms. The molecule has 108 valence electrons. The molecule has 1 atom stereocenters. The molecule has 1 aromatic rings. The van der Waals surface area contributed by atoms with Gasteiger partial charge in [0.15, 0.2) is 0 Å². The van der Waals surface area contributed by atoms with E-state index in [1.54, 1.807) is 16.7 Å². The maximum Gasteiger partial charge on any atom is 0.00684 e. The van der Waals surface area contributed by atoms with Crippen LogP contribution in [0, 0.1) is 11.3 Å². The third kappa shape index (κ3) is 2.65. The first-order valence-corrected chi connectivity index (χ1v) is 8.57. The first kappa shape index (κ1) is 12.9. The van der Waals surface area contributed by atoms with Crippen molar-refractivity contribution in [2.24, 2.45) is 11.3 Å². The fraction of sp³-hybridized carbons (Fsp3) is 0.684. The van der Waals surface area contributed by atoms with Gasteiger partial charge in [-0.3, -0.25) is 0 Å². The Morgan fingerprint density at radius 3 is 2.65 bits per heavy atom. The zero-order valence-electron chi connectivity index (χ0n) is 12.8. The van der Waals surface area contributed by atoms with Crippen molar-refractivity contribution in [2.75, 3.05) is 6.54 Å². The molecule has 1 nitrogen and oxygen atoms in total. The van der Waals surface area contributed by atoms with E-state index in [2.05, 4.69) is 30.4 Å². The van der Waals surface area contributed by atoms with E-state index in [0.717, 1.165) is 12.0 Å². The van der Waals surface area contributed by atoms with E-state index in [-0.39, 0.29) is 0 Å². The molecule has 2 fully saturated rings. The predicted octanol–water partition coefficient (Wildman–Crippen LogP) is 3.89. The van der Waals surface area contributed by atoms with Crippen molar-refractivity contribution < 1.29 is 0 Å². The van der Waals surface area contributed by atoms with Crippen LogP contribution in [-0.4, -0.2) is 12.6 Å². The first-order valence-electron chi connectivity index (χ1n) is 8.57. The molecule has 0 aromatic heterocycles. The van der Waals surface area contributed by atoms with Gasteiger partial charge in [0.1, 0.15) is 0 Å². The van der Waals surface area contributed by atoms with Crippen LogP contribution in [0.1, 0.15) is 55.7 Å². The average Bonchev–Trinajstić information content (AvgIpc) is 3.33. The molecule has 3 aliphatic rings. The van der Waals surface area contributed by atoms with E-state index in [9.17, 15) is 0 Å². The van der Waals surface area contributed by atoms with Gasteiger partial charge in [0.25, 0.3) is 0 Å². The highest BCUT2D eigenvalue weighted by Crippen LogP contribution is 2.47. The minimum absolute atomic E-state index is 0.482. The molecule has 0 aliphatic heterocycles. The maximum atomic E-state index is 3.79. The summed E-state index contributed by atoms with van der Waals surface area (Å²) >= 11 is 0. The van der Waals surface area contributed by atoms with Gasteiger partial charge in [-0.15, -0.1) is 0 Å². The summed E-state index contributed by atoms with van der Waals surface area (Å²) in [5, 5.41) is 3.79. The minimum atomic E-state index is 0.482. The number of rotatable bonds is 6. The van der Waals surface area contributed by atoms with Crippen LogP contribution in [0.3, 0.4) is 0 Å². The lowest BCUT2D eigenvalue weighted by Gasteiger charge is -2.31. The second kappa shape index (κ2) is 4.87. The van der Waals surface area contributed by atoms with Gasteiger partial charge in [0, 0.05) is 12.6 Å². The summed E-state index contributed by atoms with van der Waals surface area (Å²) in [6.45, 7) is 3.74. The smallest absolute Gasteiger partial charge is 0.00684 e. The molecule has 0 radical (unpaired) electrons. The van der Waals surface area contributed by atoms with E-state index in [1.807, 2.05) is 0 Å². The standard InChI is InChI=1S/C19H27N/c1-19(17-7-8-17,13-20-18-9-10-18)12-14-5-6-15-3-2-4-16(15)11-14/h5-6,11,17-18,20H,2-4,7-10,12-13H2,1H3. The van der Waals surface area contributed by atoms with Gasteiger partial charge >= 0.3 is 0 Å². The maximum absolute atomic E-state index is 3.79. The van der Waals surface area contributed by atoms with Gasteiger partial charge in [0.2, 0.25) is 0 Å². The predicted molar refractivity (Wildman–Crippen MR) is 84.0 cm³/mol. The van der Waals surface area contributed by atoms with Crippen molar-refractivity contribution in [1.82, 2.24) is 5.32 Å². The molecule has 20 heavy (non-hydrogen) atoms. The Kier molecular flexibility index (Phi) is 3.14. The monoisotopic (exact) mass is 269 g/mol. The Morgan fingerprint density at radius 2 is 1.90 bits per heavy atom. The van der Waals surface area contributed by atoms with E-state index in [0.29, 0.717) is 5.41 Å². The molecule has 0 bridgehead atoms.